The van der Waals surface area contributed by atoms with E-state index in [1.807, 2.05) is 0 Å². The van der Waals surface area contributed by atoms with Gasteiger partial charge in [-0.3, -0.25) is 4.79 Å². The summed E-state index contributed by atoms with van der Waals surface area (Å²) in [6.07, 6.45) is 1.34. The lowest BCUT2D eigenvalue weighted by Crippen LogP contribution is -2.18. The highest BCUT2D eigenvalue weighted by Crippen LogP contribution is 2.05. The molecule has 11 heavy (non-hydrogen) atoms. The fourth-order valence-corrected chi connectivity index (χ4v) is 0.552. The lowest BCUT2D eigenvalue weighted by molar-refractivity contribution is -0.114. The van der Waals surface area contributed by atoms with Crippen molar-refractivity contribution in [1.29, 1.82) is 0 Å². The lowest BCUT2D eigenvalue weighted by Gasteiger charge is -1.98. The molecule has 1 rings (SSSR count). The smallest absolute Gasteiger partial charge is 0.258 e. The van der Waals surface area contributed by atoms with Gasteiger partial charge in [-0.2, -0.15) is 10.3 Å². The molecular formula is C4H4Cl2N4O. The highest BCUT2D eigenvalue weighted by atomic mass is 35.5. The number of halogens is 2. The Bertz CT molecular complexity index is 234. The molecular weight excluding hydrogens is 191 g/mol. The van der Waals surface area contributed by atoms with Crippen LogP contribution in [0.25, 0.3) is 0 Å². The number of amides is 1. The van der Waals surface area contributed by atoms with Crippen molar-refractivity contribution in [2.45, 2.75) is 4.84 Å². The van der Waals surface area contributed by atoms with Crippen molar-refractivity contribution in [1.82, 2.24) is 15.4 Å². The lowest BCUT2D eigenvalue weighted by atomic mass is 10.6. The van der Waals surface area contributed by atoms with Gasteiger partial charge in [-0.15, -0.1) is 5.10 Å². The van der Waals surface area contributed by atoms with E-state index in [2.05, 4.69) is 20.7 Å². The van der Waals surface area contributed by atoms with Crippen LogP contribution >= 0.6 is 23.2 Å². The Labute approximate surface area is 72.1 Å². The zero-order chi connectivity index (χ0) is 8.27. The van der Waals surface area contributed by atoms with E-state index in [1.54, 1.807) is 0 Å². The molecule has 0 spiro atoms. The summed E-state index contributed by atoms with van der Waals surface area (Å²) in [6.45, 7) is 0. The maximum atomic E-state index is 10.8. The van der Waals surface area contributed by atoms with Crippen LogP contribution in [0.3, 0.4) is 0 Å². The number of nitrogens with one attached hydrogen (secondary N) is 2. The topological polar surface area (TPSA) is 70.7 Å². The Morgan fingerprint density at radius 3 is 2.91 bits per heavy atom. The molecule has 2 N–H and O–H groups in total. The van der Waals surface area contributed by atoms with Crippen LogP contribution in [0.5, 0.6) is 0 Å². The first-order valence-corrected chi connectivity index (χ1v) is 3.52. The average Bonchev–Trinajstić information content (AvgIpc) is 2.39. The number of carbonyl (C=O) groups is 1. The molecule has 0 radical (unpaired) electrons. The van der Waals surface area contributed by atoms with Gasteiger partial charge in [0.15, 0.2) is 10.7 Å². The summed E-state index contributed by atoms with van der Waals surface area (Å²) in [6, 6.07) is 0. The number of hydrogen-bond donors (Lipinski definition) is 2. The van der Waals surface area contributed by atoms with Gasteiger partial charge in [-0.1, -0.05) is 23.2 Å². The van der Waals surface area contributed by atoms with Gasteiger partial charge in [-0.05, 0) is 0 Å². The Hall–Kier alpha value is -0.810. The first-order valence-electron chi connectivity index (χ1n) is 2.65. The molecule has 0 aromatic carbocycles. The Kier molecular flexibility index (Phi) is 2.67. The molecule has 5 nitrogen and oxygen atoms in total. The van der Waals surface area contributed by atoms with Crippen molar-refractivity contribution in [3.63, 3.8) is 0 Å². The van der Waals surface area contributed by atoms with Gasteiger partial charge in [0.1, 0.15) is 0 Å². The van der Waals surface area contributed by atoms with Crippen LogP contribution < -0.4 is 5.32 Å². The molecule has 0 aliphatic carbocycles. The number of aromatic amines is 1. The van der Waals surface area contributed by atoms with Gasteiger partial charge in [-0.25, -0.2) is 0 Å². The minimum atomic E-state index is -1.09. The SMILES string of the molecule is O=C(Nc1cn[nH]n1)C(Cl)Cl. The molecule has 0 atom stereocenters. The molecule has 0 unspecified atom stereocenters. The van der Waals surface area contributed by atoms with Crippen molar-refractivity contribution in [2.75, 3.05) is 5.32 Å². The standard InChI is InChI=1S/C4H4Cl2N4O/c5-3(6)4(11)8-2-1-7-10-9-2/h1,3H,(H2,7,8,9,10,11). The van der Waals surface area contributed by atoms with E-state index in [0.29, 0.717) is 5.82 Å². The second-order valence-corrected chi connectivity index (χ2v) is 2.74. The number of anilines is 1. The van der Waals surface area contributed by atoms with Gasteiger partial charge in [0.2, 0.25) is 0 Å². The average molecular weight is 195 g/mol. The van der Waals surface area contributed by atoms with Crippen molar-refractivity contribution in [3.8, 4) is 0 Å². The summed E-state index contributed by atoms with van der Waals surface area (Å²) in [7, 11) is 0. The van der Waals surface area contributed by atoms with E-state index in [-0.39, 0.29) is 0 Å². The van der Waals surface area contributed by atoms with Crippen LogP contribution in [-0.2, 0) is 4.79 Å². The molecule has 1 heterocycles. The third-order valence-electron chi connectivity index (χ3n) is 0.864. The predicted molar refractivity (Wildman–Crippen MR) is 40.5 cm³/mol. The number of alkyl halides is 2. The van der Waals surface area contributed by atoms with E-state index in [4.69, 9.17) is 23.2 Å². The predicted octanol–water partition coefficient (Wildman–Crippen LogP) is 0.547. The first-order chi connectivity index (χ1) is 5.20. The summed E-state index contributed by atoms with van der Waals surface area (Å²) in [5.74, 6) is -0.233. The molecule has 0 fully saturated rings. The van der Waals surface area contributed by atoms with E-state index < -0.39 is 10.7 Å². The fourth-order valence-electron chi connectivity index (χ4n) is 0.443. The second kappa shape index (κ2) is 3.54. The van der Waals surface area contributed by atoms with Crippen LogP contribution in [0.2, 0.25) is 0 Å². The second-order valence-electron chi connectivity index (χ2n) is 1.65. The van der Waals surface area contributed by atoms with E-state index in [1.165, 1.54) is 6.20 Å². The maximum Gasteiger partial charge on any atom is 0.258 e. The van der Waals surface area contributed by atoms with Crippen molar-refractivity contribution < 1.29 is 4.79 Å². The van der Waals surface area contributed by atoms with Crippen molar-refractivity contribution >= 4 is 34.9 Å². The molecule has 1 aromatic heterocycles. The third kappa shape index (κ3) is 2.36. The zero-order valence-electron chi connectivity index (χ0n) is 5.21. The number of H-pyrrole nitrogens is 1. The highest BCUT2D eigenvalue weighted by molar-refractivity contribution is 6.54. The molecule has 1 amide bonds. The molecule has 0 aliphatic heterocycles. The largest absolute Gasteiger partial charge is 0.305 e. The summed E-state index contributed by atoms with van der Waals surface area (Å²) in [4.78, 5) is 9.66. The van der Waals surface area contributed by atoms with Crippen molar-refractivity contribution in [2.24, 2.45) is 0 Å². The van der Waals surface area contributed by atoms with Gasteiger partial charge < -0.3 is 5.32 Å². The minimum absolute atomic E-state index is 0.293. The van der Waals surface area contributed by atoms with E-state index in [0.717, 1.165) is 0 Å². The van der Waals surface area contributed by atoms with Gasteiger partial charge in [0.05, 0.1) is 6.20 Å². The molecule has 1 aromatic rings. The maximum absolute atomic E-state index is 10.8. The van der Waals surface area contributed by atoms with Gasteiger partial charge in [0.25, 0.3) is 5.91 Å². The van der Waals surface area contributed by atoms with Crippen LogP contribution in [0.1, 0.15) is 0 Å². The van der Waals surface area contributed by atoms with Crippen LogP contribution in [0.15, 0.2) is 6.20 Å². The summed E-state index contributed by atoms with van der Waals surface area (Å²) in [5.41, 5.74) is 0. The fraction of sp³-hybridized carbons (Fsp3) is 0.250. The molecule has 60 valence electrons. The number of carbonyl (C=O) groups excluding carboxylic acids is 1. The minimum Gasteiger partial charge on any atom is -0.305 e. The third-order valence-corrected chi connectivity index (χ3v) is 1.26. The highest BCUT2D eigenvalue weighted by Gasteiger charge is 2.11. The number of nitrogens with zero attached hydrogens (tertiary/aromatic N) is 2. The molecule has 0 saturated heterocycles. The Balaban J connectivity index is 2.50. The number of aromatic nitrogens is 3. The quantitative estimate of drug-likeness (QED) is 0.676. The molecule has 0 bridgehead atoms. The van der Waals surface area contributed by atoms with Gasteiger partial charge in [0, 0.05) is 0 Å². The monoisotopic (exact) mass is 194 g/mol. The normalized spacial score (nSPS) is 10.1. The molecule has 0 aliphatic rings. The van der Waals surface area contributed by atoms with Crippen LogP contribution in [0, 0.1) is 0 Å². The Morgan fingerprint density at radius 1 is 1.73 bits per heavy atom. The molecule has 7 heteroatoms. The van der Waals surface area contributed by atoms with E-state index >= 15 is 0 Å². The van der Waals surface area contributed by atoms with Crippen LogP contribution in [0.4, 0.5) is 5.82 Å². The summed E-state index contributed by atoms with van der Waals surface area (Å²) >= 11 is 10.5. The summed E-state index contributed by atoms with van der Waals surface area (Å²) < 4.78 is 0. The van der Waals surface area contributed by atoms with Gasteiger partial charge >= 0.3 is 0 Å². The van der Waals surface area contributed by atoms with E-state index in [9.17, 15) is 4.79 Å². The zero-order valence-corrected chi connectivity index (χ0v) is 6.73. The Morgan fingerprint density at radius 2 is 2.45 bits per heavy atom. The first kappa shape index (κ1) is 8.29. The van der Waals surface area contributed by atoms with Crippen molar-refractivity contribution in [3.05, 3.63) is 6.20 Å². The molecule has 0 saturated carbocycles. The number of hydrogen-bond acceptors (Lipinski definition) is 3. The number of rotatable bonds is 2. The van der Waals surface area contributed by atoms with Crippen LogP contribution in [-0.4, -0.2) is 26.2 Å². The summed E-state index contributed by atoms with van der Waals surface area (Å²) in [5, 5.41) is 11.6.